The summed E-state index contributed by atoms with van der Waals surface area (Å²) in [5.41, 5.74) is 0. The van der Waals surface area contributed by atoms with Gasteiger partial charge in [0.2, 0.25) is 5.75 Å². The Balaban J connectivity index is 1.99. The average molecular weight is 376 g/mol. The highest BCUT2D eigenvalue weighted by Crippen LogP contribution is 2.49. The molecule has 1 heterocycles. The number of para-hydroxylation sites is 1. The topological polar surface area (TPSA) is 27.7 Å². The zero-order valence-corrected chi connectivity index (χ0v) is 11.6. The molecule has 0 aliphatic carbocycles. The normalized spacial score (nSPS) is 15.3. The first-order chi connectivity index (χ1) is 9.03. The molecule has 0 amide bonds. The molecule has 0 bridgehead atoms. The summed E-state index contributed by atoms with van der Waals surface area (Å²) >= 11 is 1.99. The third-order valence-electron chi connectivity index (χ3n) is 2.41. The van der Waals surface area contributed by atoms with E-state index < -0.39 is 6.29 Å². The quantitative estimate of drug-likeness (QED) is 0.728. The number of ether oxygens (including phenoxy) is 3. The zero-order valence-electron chi connectivity index (χ0n) is 9.40. The molecule has 98 valence electrons. The average Bonchev–Trinajstić information content (AvgIpc) is 2.65. The predicted molar refractivity (Wildman–Crippen MR) is 71.9 cm³/mol. The van der Waals surface area contributed by atoms with Gasteiger partial charge in [0.15, 0.2) is 11.5 Å². The van der Waals surface area contributed by atoms with E-state index in [1.54, 1.807) is 30.3 Å². The predicted octanol–water partition coefficient (Wildman–Crippen LogP) is 4.41. The number of benzene rings is 2. The number of halogens is 3. The minimum atomic E-state index is -3.65. The number of alkyl halides is 2. The van der Waals surface area contributed by atoms with Gasteiger partial charge < -0.3 is 14.2 Å². The fourth-order valence-corrected chi connectivity index (χ4v) is 2.25. The monoisotopic (exact) mass is 376 g/mol. The van der Waals surface area contributed by atoms with Gasteiger partial charge in [-0.05, 0) is 46.9 Å². The Hall–Kier alpha value is -1.57. The highest BCUT2D eigenvalue weighted by molar-refractivity contribution is 14.1. The molecule has 3 rings (SSSR count). The Kier molecular flexibility index (Phi) is 2.96. The number of hydrogen-bond acceptors (Lipinski definition) is 3. The Bertz CT molecular complexity index is 617. The second-order valence-corrected chi connectivity index (χ2v) is 5.06. The van der Waals surface area contributed by atoms with Gasteiger partial charge >= 0.3 is 6.29 Å². The summed E-state index contributed by atoms with van der Waals surface area (Å²) in [6, 6.07) is 11.9. The van der Waals surface area contributed by atoms with Crippen LogP contribution in [0.3, 0.4) is 0 Å². The molecule has 0 aromatic heterocycles. The highest BCUT2D eigenvalue weighted by atomic mass is 127. The SMILES string of the molecule is FC1(F)Oc2cc(I)cc(Oc3ccccc3)c2O1. The lowest BCUT2D eigenvalue weighted by Crippen LogP contribution is -2.26. The first-order valence-corrected chi connectivity index (χ1v) is 6.44. The van der Waals surface area contributed by atoms with Gasteiger partial charge in [-0.1, -0.05) is 18.2 Å². The van der Waals surface area contributed by atoms with E-state index >= 15 is 0 Å². The molecule has 2 aromatic rings. The van der Waals surface area contributed by atoms with E-state index in [9.17, 15) is 8.78 Å². The molecule has 1 aliphatic heterocycles. The molecule has 0 unspecified atom stereocenters. The van der Waals surface area contributed by atoms with Crippen molar-refractivity contribution in [1.82, 2.24) is 0 Å². The molecule has 0 saturated heterocycles. The largest absolute Gasteiger partial charge is 0.586 e. The van der Waals surface area contributed by atoms with E-state index in [1.807, 2.05) is 28.7 Å². The lowest BCUT2D eigenvalue weighted by Gasteiger charge is -2.09. The van der Waals surface area contributed by atoms with Crippen molar-refractivity contribution in [3.63, 3.8) is 0 Å². The van der Waals surface area contributed by atoms with Crippen LogP contribution in [0.5, 0.6) is 23.0 Å². The first kappa shape index (κ1) is 12.5. The number of fused-ring (bicyclic) bond motifs is 1. The van der Waals surface area contributed by atoms with Crippen molar-refractivity contribution in [1.29, 1.82) is 0 Å². The Morgan fingerprint density at radius 2 is 1.79 bits per heavy atom. The summed E-state index contributed by atoms with van der Waals surface area (Å²) in [5, 5.41) is 0. The van der Waals surface area contributed by atoms with Crippen LogP contribution in [0, 0.1) is 3.57 Å². The fraction of sp³-hybridized carbons (Fsp3) is 0.0769. The summed E-state index contributed by atoms with van der Waals surface area (Å²) in [4.78, 5) is 0. The van der Waals surface area contributed by atoms with Gasteiger partial charge in [-0.15, -0.1) is 8.78 Å². The maximum atomic E-state index is 13.1. The van der Waals surface area contributed by atoms with E-state index in [4.69, 9.17) is 4.74 Å². The van der Waals surface area contributed by atoms with Crippen LogP contribution in [0.1, 0.15) is 0 Å². The van der Waals surface area contributed by atoms with Gasteiger partial charge in [0.1, 0.15) is 5.75 Å². The lowest BCUT2D eigenvalue weighted by atomic mass is 10.3. The molecule has 0 atom stereocenters. The summed E-state index contributed by atoms with van der Waals surface area (Å²) < 4.78 is 41.3. The highest BCUT2D eigenvalue weighted by Gasteiger charge is 2.45. The minimum Gasteiger partial charge on any atom is -0.453 e. The number of rotatable bonds is 2. The second kappa shape index (κ2) is 4.52. The molecule has 2 aromatic carbocycles. The summed E-state index contributed by atoms with van der Waals surface area (Å²) in [5.74, 6) is 0.618. The molecule has 1 aliphatic rings. The second-order valence-electron chi connectivity index (χ2n) is 3.81. The Morgan fingerprint density at radius 1 is 1.05 bits per heavy atom. The van der Waals surface area contributed by atoms with Gasteiger partial charge in [0.05, 0.1) is 0 Å². The van der Waals surface area contributed by atoms with Crippen LogP contribution < -0.4 is 14.2 Å². The molecule has 0 fully saturated rings. The van der Waals surface area contributed by atoms with Crippen molar-refractivity contribution in [2.45, 2.75) is 6.29 Å². The molecule has 0 radical (unpaired) electrons. The van der Waals surface area contributed by atoms with Crippen molar-refractivity contribution >= 4 is 22.6 Å². The minimum absolute atomic E-state index is 0.0252. The summed E-state index contributed by atoms with van der Waals surface area (Å²) in [6.07, 6.45) is -3.65. The molecule has 0 saturated carbocycles. The van der Waals surface area contributed by atoms with Gasteiger partial charge in [0.25, 0.3) is 0 Å². The van der Waals surface area contributed by atoms with Crippen LogP contribution in [-0.2, 0) is 0 Å². The Morgan fingerprint density at radius 3 is 2.53 bits per heavy atom. The van der Waals surface area contributed by atoms with E-state index in [0.29, 0.717) is 9.32 Å². The van der Waals surface area contributed by atoms with Crippen molar-refractivity contribution in [2.75, 3.05) is 0 Å². The van der Waals surface area contributed by atoms with Crippen LogP contribution in [0.4, 0.5) is 8.78 Å². The molecular weight excluding hydrogens is 369 g/mol. The maximum absolute atomic E-state index is 13.1. The zero-order chi connectivity index (χ0) is 13.5. The van der Waals surface area contributed by atoms with Crippen molar-refractivity contribution < 1.29 is 23.0 Å². The standard InChI is InChI=1S/C13H7F2IO3/c14-13(15)18-11-7-8(16)6-10(12(11)19-13)17-9-4-2-1-3-5-9/h1-7H. The van der Waals surface area contributed by atoms with Crippen LogP contribution in [0.15, 0.2) is 42.5 Å². The van der Waals surface area contributed by atoms with Gasteiger partial charge in [-0.3, -0.25) is 0 Å². The van der Waals surface area contributed by atoms with Crippen molar-refractivity contribution in [3.05, 3.63) is 46.0 Å². The van der Waals surface area contributed by atoms with Crippen molar-refractivity contribution in [3.8, 4) is 23.0 Å². The van der Waals surface area contributed by atoms with Gasteiger partial charge in [-0.25, -0.2) is 0 Å². The molecule has 6 heteroatoms. The smallest absolute Gasteiger partial charge is 0.453 e. The molecule has 19 heavy (non-hydrogen) atoms. The van der Waals surface area contributed by atoms with Gasteiger partial charge in [-0.2, -0.15) is 0 Å². The first-order valence-electron chi connectivity index (χ1n) is 5.36. The van der Waals surface area contributed by atoms with Crippen LogP contribution >= 0.6 is 22.6 Å². The molecule has 0 N–H and O–H groups in total. The van der Waals surface area contributed by atoms with Crippen molar-refractivity contribution in [2.24, 2.45) is 0 Å². The Labute approximate surface area is 121 Å². The molecule has 0 spiro atoms. The van der Waals surface area contributed by atoms with Crippen LogP contribution in [0.2, 0.25) is 0 Å². The van der Waals surface area contributed by atoms with Gasteiger partial charge in [0, 0.05) is 3.57 Å². The maximum Gasteiger partial charge on any atom is 0.586 e. The third-order valence-corrected chi connectivity index (χ3v) is 3.03. The molecule has 3 nitrogen and oxygen atoms in total. The van der Waals surface area contributed by atoms with E-state index in [1.165, 1.54) is 6.07 Å². The summed E-state index contributed by atoms with van der Waals surface area (Å²) in [7, 11) is 0. The van der Waals surface area contributed by atoms with E-state index in [0.717, 1.165) is 0 Å². The third kappa shape index (κ3) is 2.58. The summed E-state index contributed by atoms with van der Waals surface area (Å²) in [6.45, 7) is 0. The van der Waals surface area contributed by atoms with E-state index in [2.05, 4.69) is 9.47 Å². The van der Waals surface area contributed by atoms with Crippen LogP contribution in [-0.4, -0.2) is 6.29 Å². The molecular formula is C13H7F2IO3. The van der Waals surface area contributed by atoms with E-state index in [-0.39, 0.29) is 17.2 Å². The number of hydrogen-bond donors (Lipinski definition) is 0. The fourth-order valence-electron chi connectivity index (χ4n) is 1.68. The van der Waals surface area contributed by atoms with Crippen LogP contribution in [0.25, 0.3) is 0 Å². The lowest BCUT2D eigenvalue weighted by molar-refractivity contribution is -0.287.